The second kappa shape index (κ2) is 4.44. The van der Waals surface area contributed by atoms with Crippen molar-refractivity contribution in [3.63, 3.8) is 0 Å². The number of carbonyl (C=O) groups is 1. The summed E-state index contributed by atoms with van der Waals surface area (Å²) in [6, 6.07) is 5.71. The van der Waals surface area contributed by atoms with Crippen molar-refractivity contribution in [2.45, 2.75) is 6.92 Å². The highest BCUT2D eigenvalue weighted by molar-refractivity contribution is 5.96. The molecule has 2 rings (SSSR count). The lowest BCUT2D eigenvalue weighted by atomic mass is 9.99. The van der Waals surface area contributed by atoms with Gasteiger partial charge in [-0.25, -0.2) is 14.2 Å². The van der Waals surface area contributed by atoms with Crippen molar-refractivity contribution in [1.82, 2.24) is 4.98 Å². The summed E-state index contributed by atoms with van der Waals surface area (Å²) in [6.07, 6.45) is 1.27. The van der Waals surface area contributed by atoms with Crippen LogP contribution in [0.4, 0.5) is 10.2 Å². The minimum Gasteiger partial charge on any atom is -0.478 e. The van der Waals surface area contributed by atoms with Gasteiger partial charge in [0.15, 0.2) is 0 Å². The molecule has 0 aliphatic heterocycles. The van der Waals surface area contributed by atoms with E-state index < -0.39 is 11.8 Å². The molecule has 0 unspecified atom stereocenters. The summed E-state index contributed by atoms with van der Waals surface area (Å²) in [5.41, 5.74) is 6.64. The quantitative estimate of drug-likeness (QED) is 0.853. The first-order valence-electron chi connectivity index (χ1n) is 5.24. The Balaban J connectivity index is 2.70. The number of aromatic carboxylic acids is 1. The van der Waals surface area contributed by atoms with Crippen LogP contribution >= 0.6 is 0 Å². The van der Waals surface area contributed by atoms with Crippen LogP contribution in [0.1, 0.15) is 15.9 Å². The third kappa shape index (κ3) is 2.15. The Hall–Kier alpha value is -2.43. The molecule has 5 heteroatoms. The number of rotatable bonds is 2. The highest BCUT2D eigenvalue weighted by Crippen LogP contribution is 2.27. The van der Waals surface area contributed by atoms with E-state index in [1.807, 2.05) is 0 Å². The maximum Gasteiger partial charge on any atom is 0.336 e. The van der Waals surface area contributed by atoms with E-state index in [2.05, 4.69) is 4.98 Å². The Morgan fingerprint density at radius 1 is 1.33 bits per heavy atom. The zero-order valence-corrected chi connectivity index (χ0v) is 9.64. The molecule has 0 spiro atoms. The van der Waals surface area contributed by atoms with Crippen molar-refractivity contribution < 1.29 is 14.3 Å². The third-order valence-corrected chi connectivity index (χ3v) is 2.57. The van der Waals surface area contributed by atoms with Crippen LogP contribution in [0.5, 0.6) is 0 Å². The van der Waals surface area contributed by atoms with E-state index in [-0.39, 0.29) is 22.5 Å². The molecule has 0 amide bonds. The summed E-state index contributed by atoms with van der Waals surface area (Å²) in [5.74, 6) is -1.57. The van der Waals surface area contributed by atoms with E-state index in [4.69, 9.17) is 10.8 Å². The Kier molecular flexibility index (Phi) is 2.97. The maximum absolute atomic E-state index is 13.7. The number of hydrogen-bond acceptors (Lipinski definition) is 3. The molecule has 0 fully saturated rings. The van der Waals surface area contributed by atoms with Crippen LogP contribution in [-0.4, -0.2) is 16.1 Å². The van der Waals surface area contributed by atoms with E-state index >= 15 is 0 Å². The fraction of sp³-hybridized carbons (Fsp3) is 0.0769. The topological polar surface area (TPSA) is 76.2 Å². The third-order valence-electron chi connectivity index (χ3n) is 2.57. The van der Waals surface area contributed by atoms with Crippen molar-refractivity contribution in [3.8, 4) is 11.1 Å². The number of benzene rings is 1. The normalized spacial score (nSPS) is 10.3. The molecule has 0 aliphatic rings. The van der Waals surface area contributed by atoms with Gasteiger partial charge in [0.2, 0.25) is 0 Å². The number of aryl methyl sites for hydroxylation is 1. The lowest BCUT2D eigenvalue weighted by molar-refractivity contribution is 0.0697. The average molecular weight is 246 g/mol. The van der Waals surface area contributed by atoms with Crippen LogP contribution in [0.3, 0.4) is 0 Å². The van der Waals surface area contributed by atoms with Crippen molar-refractivity contribution in [2.75, 3.05) is 5.73 Å². The molecule has 0 saturated carbocycles. The predicted octanol–water partition coefficient (Wildman–Crippen LogP) is 2.48. The van der Waals surface area contributed by atoms with E-state index in [1.54, 1.807) is 19.1 Å². The van der Waals surface area contributed by atoms with Gasteiger partial charge in [-0.2, -0.15) is 0 Å². The first kappa shape index (κ1) is 12.0. The lowest BCUT2D eigenvalue weighted by Gasteiger charge is -2.08. The smallest absolute Gasteiger partial charge is 0.336 e. The molecule has 0 radical (unpaired) electrons. The number of hydrogen-bond donors (Lipinski definition) is 2. The zero-order chi connectivity index (χ0) is 13.3. The summed E-state index contributed by atoms with van der Waals surface area (Å²) in [7, 11) is 0. The van der Waals surface area contributed by atoms with Gasteiger partial charge in [-0.1, -0.05) is 11.6 Å². The Labute approximate surface area is 103 Å². The summed E-state index contributed by atoms with van der Waals surface area (Å²) in [5, 5.41) is 9.11. The monoisotopic (exact) mass is 246 g/mol. The van der Waals surface area contributed by atoms with Gasteiger partial charge in [-0.15, -0.1) is 0 Å². The number of nitrogens with two attached hydrogens (primary N) is 1. The first-order valence-corrected chi connectivity index (χ1v) is 5.24. The molecule has 3 N–H and O–H groups in total. The number of carboxylic acids is 1. The van der Waals surface area contributed by atoms with Gasteiger partial charge in [0, 0.05) is 17.3 Å². The van der Waals surface area contributed by atoms with Crippen LogP contribution in [0.15, 0.2) is 30.5 Å². The average Bonchev–Trinajstić information content (AvgIpc) is 2.32. The Morgan fingerprint density at radius 2 is 2.06 bits per heavy atom. The van der Waals surface area contributed by atoms with Crippen LogP contribution in [0, 0.1) is 12.7 Å². The van der Waals surface area contributed by atoms with E-state index in [9.17, 15) is 9.18 Å². The number of carboxylic acid groups (broad SMARTS) is 1. The summed E-state index contributed by atoms with van der Waals surface area (Å²) >= 11 is 0. The van der Waals surface area contributed by atoms with Crippen molar-refractivity contribution in [3.05, 3.63) is 47.4 Å². The van der Waals surface area contributed by atoms with Crippen LogP contribution in [0.25, 0.3) is 11.1 Å². The Morgan fingerprint density at radius 3 is 2.72 bits per heavy atom. The van der Waals surface area contributed by atoms with E-state index in [0.717, 1.165) is 5.56 Å². The van der Waals surface area contributed by atoms with E-state index in [1.165, 1.54) is 18.3 Å². The van der Waals surface area contributed by atoms with Gasteiger partial charge in [-0.05, 0) is 25.1 Å². The number of anilines is 1. The van der Waals surface area contributed by atoms with Gasteiger partial charge < -0.3 is 10.8 Å². The number of nitrogen functional groups attached to an aromatic ring is 1. The second-order valence-corrected chi connectivity index (χ2v) is 3.94. The number of aromatic nitrogens is 1. The summed E-state index contributed by atoms with van der Waals surface area (Å²) in [4.78, 5) is 15.0. The van der Waals surface area contributed by atoms with Gasteiger partial charge in [0.1, 0.15) is 11.6 Å². The highest BCUT2D eigenvalue weighted by Gasteiger charge is 2.16. The molecular weight excluding hydrogens is 235 g/mol. The molecule has 1 aromatic heterocycles. The van der Waals surface area contributed by atoms with Crippen molar-refractivity contribution in [1.29, 1.82) is 0 Å². The van der Waals surface area contributed by atoms with Gasteiger partial charge in [0.05, 0.1) is 5.56 Å². The van der Waals surface area contributed by atoms with Crippen molar-refractivity contribution >= 4 is 11.8 Å². The first-order chi connectivity index (χ1) is 8.49. The van der Waals surface area contributed by atoms with Crippen LogP contribution < -0.4 is 5.73 Å². The zero-order valence-electron chi connectivity index (χ0n) is 9.64. The molecule has 1 heterocycles. The molecule has 4 nitrogen and oxygen atoms in total. The number of pyridine rings is 1. The predicted molar refractivity (Wildman–Crippen MR) is 65.7 cm³/mol. The number of nitrogens with zero attached hydrogens (tertiary/aromatic N) is 1. The minimum atomic E-state index is -1.17. The SMILES string of the molecule is Cc1ccc(F)c(-c2cnc(N)cc2C(=O)O)c1. The van der Waals surface area contributed by atoms with Gasteiger partial charge in [-0.3, -0.25) is 0 Å². The highest BCUT2D eigenvalue weighted by atomic mass is 19.1. The fourth-order valence-electron chi connectivity index (χ4n) is 1.71. The molecule has 0 atom stereocenters. The van der Waals surface area contributed by atoms with Crippen LogP contribution in [0.2, 0.25) is 0 Å². The standard InChI is InChI=1S/C13H11FN2O2/c1-7-2-3-11(14)8(4-7)10-6-16-12(15)5-9(10)13(17)18/h2-6H,1H3,(H2,15,16)(H,17,18). The maximum atomic E-state index is 13.7. The lowest BCUT2D eigenvalue weighted by Crippen LogP contribution is -2.03. The van der Waals surface area contributed by atoms with E-state index in [0.29, 0.717) is 0 Å². The second-order valence-electron chi connectivity index (χ2n) is 3.94. The van der Waals surface area contributed by atoms with Gasteiger partial charge in [0.25, 0.3) is 0 Å². The molecule has 0 aliphatic carbocycles. The number of halogens is 1. The Bertz CT molecular complexity index is 626. The summed E-state index contributed by atoms with van der Waals surface area (Å²) < 4.78 is 13.7. The molecule has 0 saturated heterocycles. The van der Waals surface area contributed by atoms with Crippen molar-refractivity contribution in [2.24, 2.45) is 0 Å². The largest absolute Gasteiger partial charge is 0.478 e. The van der Waals surface area contributed by atoms with Gasteiger partial charge >= 0.3 is 5.97 Å². The molecule has 18 heavy (non-hydrogen) atoms. The molecular formula is C13H11FN2O2. The van der Waals surface area contributed by atoms with Crippen LogP contribution in [-0.2, 0) is 0 Å². The molecule has 92 valence electrons. The molecule has 2 aromatic rings. The molecule has 0 bridgehead atoms. The molecule has 1 aromatic carbocycles. The summed E-state index contributed by atoms with van der Waals surface area (Å²) in [6.45, 7) is 1.80. The minimum absolute atomic E-state index is 0.0630. The fourth-order valence-corrected chi connectivity index (χ4v) is 1.71.